The lowest BCUT2D eigenvalue weighted by Gasteiger charge is -2.29. The molecule has 144 valence electrons. The van der Waals surface area contributed by atoms with E-state index in [0.717, 1.165) is 37.0 Å². The largest absolute Gasteiger partial charge is 0.454 e. The van der Waals surface area contributed by atoms with Gasteiger partial charge in [0.25, 0.3) is 11.8 Å². The van der Waals surface area contributed by atoms with Crippen molar-refractivity contribution in [3.63, 3.8) is 0 Å². The molecule has 0 radical (unpaired) electrons. The molecule has 3 aliphatic rings. The van der Waals surface area contributed by atoms with Crippen LogP contribution in [0.25, 0.3) is 0 Å². The van der Waals surface area contributed by atoms with Gasteiger partial charge in [-0.25, -0.2) is 4.79 Å². The van der Waals surface area contributed by atoms with Crippen molar-refractivity contribution in [3.05, 3.63) is 0 Å². The van der Waals surface area contributed by atoms with Crippen LogP contribution >= 0.6 is 0 Å². The quantitative estimate of drug-likeness (QED) is 0.560. The summed E-state index contributed by atoms with van der Waals surface area (Å²) in [6.45, 7) is 1.25. The summed E-state index contributed by atoms with van der Waals surface area (Å²) in [5, 5.41) is 5.61. The zero-order chi connectivity index (χ0) is 18.7. The van der Waals surface area contributed by atoms with E-state index in [2.05, 4.69) is 17.6 Å². The molecule has 2 N–H and O–H groups in total. The summed E-state index contributed by atoms with van der Waals surface area (Å²) >= 11 is 0. The van der Waals surface area contributed by atoms with Crippen molar-refractivity contribution in [1.82, 2.24) is 15.5 Å². The average molecular weight is 365 g/mol. The Morgan fingerprint density at radius 3 is 2.58 bits per heavy atom. The molecule has 2 unspecified atom stereocenters. The fourth-order valence-corrected chi connectivity index (χ4v) is 4.24. The van der Waals surface area contributed by atoms with Crippen molar-refractivity contribution in [2.24, 2.45) is 5.92 Å². The number of esters is 1. The van der Waals surface area contributed by atoms with Gasteiger partial charge < -0.3 is 15.4 Å². The van der Waals surface area contributed by atoms with E-state index in [-0.39, 0.29) is 17.9 Å². The Bertz CT molecular complexity index is 600. The second-order valence-corrected chi connectivity index (χ2v) is 7.71. The second kappa shape index (κ2) is 7.63. The minimum Gasteiger partial charge on any atom is -0.454 e. The molecule has 1 aliphatic heterocycles. The van der Waals surface area contributed by atoms with Gasteiger partial charge in [-0.15, -0.1) is 0 Å². The number of carbonyl (C=O) groups excluding carboxylic acids is 4. The lowest BCUT2D eigenvalue weighted by molar-refractivity contribution is -0.151. The maximum atomic E-state index is 12.5. The predicted octanol–water partition coefficient (Wildman–Crippen LogP) is 1.09. The monoisotopic (exact) mass is 365 g/mol. The highest BCUT2D eigenvalue weighted by Crippen LogP contribution is 2.34. The number of urea groups is 1. The molecule has 8 heteroatoms. The van der Waals surface area contributed by atoms with Crippen LogP contribution in [0, 0.1) is 5.92 Å². The fraction of sp³-hybridized carbons (Fsp3) is 0.778. The van der Waals surface area contributed by atoms with E-state index in [0.29, 0.717) is 18.8 Å². The number of nitrogens with one attached hydrogen (secondary N) is 2. The molecule has 3 rings (SSSR count). The van der Waals surface area contributed by atoms with E-state index < -0.39 is 30.7 Å². The number of hydrogen-bond donors (Lipinski definition) is 2. The summed E-state index contributed by atoms with van der Waals surface area (Å²) in [5.41, 5.74) is -0.841. The third kappa shape index (κ3) is 3.83. The summed E-state index contributed by atoms with van der Waals surface area (Å²) in [6.07, 6.45) is 7.24. The number of amides is 4. The van der Waals surface area contributed by atoms with Gasteiger partial charge in [0.1, 0.15) is 12.1 Å². The molecule has 3 fully saturated rings. The molecule has 26 heavy (non-hydrogen) atoms. The first kappa shape index (κ1) is 18.7. The predicted molar refractivity (Wildman–Crippen MR) is 92.0 cm³/mol. The highest BCUT2D eigenvalue weighted by molar-refractivity contribution is 6.08. The van der Waals surface area contributed by atoms with Crippen molar-refractivity contribution in [2.75, 3.05) is 13.2 Å². The molecule has 0 aromatic rings. The van der Waals surface area contributed by atoms with Crippen LogP contribution in [0.5, 0.6) is 0 Å². The van der Waals surface area contributed by atoms with E-state index in [9.17, 15) is 19.2 Å². The van der Waals surface area contributed by atoms with Gasteiger partial charge in [0.15, 0.2) is 6.61 Å². The third-order valence-corrected chi connectivity index (χ3v) is 5.81. The number of rotatable bonds is 5. The Labute approximate surface area is 153 Å². The van der Waals surface area contributed by atoms with Crippen LogP contribution in [0.15, 0.2) is 0 Å². The topological polar surface area (TPSA) is 105 Å². The fourth-order valence-electron chi connectivity index (χ4n) is 4.24. The lowest BCUT2D eigenvalue weighted by atomic mass is 9.86. The van der Waals surface area contributed by atoms with Crippen LogP contribution in [-0.4, -0.2) is 53.4 Å². The Balaban J connectivity index is 1.44. The number of nitrogens with zero attached hydrogens (tertiary/aromatic N) is 1. The minimum absolute atomic E-state index is 0.114. The lowest BCUT2D eigenvalue weighted by Crippen LogP contribution is -2.45. The second-order valence-electron chi connectivity index (χ2n) is 7.71. The van der Waals surface area contributed by atoms with Crippen LogP contribution in [0.1, 0.15) is 58.3 Å². The summed E-state index contributed by atoms with van der Waals surface area (Å²) in [6, 6.07) is -0.447. The first-order valence-corrected chi connectivity index (χ1v) is 9.50. The molecule has 2 atom stereocenters. The molecule has 2 saturated carbocycles. The molecule has 4 amide bonds. The summed E-state index contributed by atoms with van der Waals surface area (Å²) in [7, 11) is 0. The summed E-state index contributed by atoms with van der Waals surface area (Å²) in [5.74, 6) is -1.05. The van der Waals surface area contributed by atoms with Gasteiger partial charge in [-0.05, 0) is 31.6 Å². The molecule has 8 nitrogen and oxygen atoms in total. The molecule has 1 heterocycles. The number of imide groups is 1. The first-order valence-electron chi connectivity index (χ1n) is 9.50. The zero-order valence-electron chi connectivity index (χ0n) is 15.2. The third-order valence-electron chi connectivity index (χ3n) is 5.81. The molecular formula is C18H27N3O5. The van der Waals surface area contributed by atoms with E-state index >= 15 is 0 Å². The van der Waals surface area contributed by atoms with Crippen LogP contribution < -0.4 is 10.6 Å². The van der Waals surface area contributed by atoms with E-state index in [1.807, 2.05) is 0 Å². The van der Waals surface area contributed by atoms with Gasteiger partial charge in [-0.2, -0.15) is 0 Å². The maximum Gasteiger partial charge on any atom is 0.326 e. The van der Waals surface area contributed by atoms with Crippen molar-refractivity contribution in [1.29, 1.82) is 0 Å². The Morgan fingerprint density at radius 1 is 1.19 bits per heavy atom. The highest BCUT2D eigenvalue weighted by Gasteiger charge is 2.52. The normalized spacial score (nSPS) is 27.5. The number of hydrogen-bond acceptors (Lipinski definition) is 5. The Hall–Kier alpha value is -2.12. The smallest absolute Gasteiger partial charge is 0.326 e. The SMILES string of the molecule is CC1CCCCC1NC(=O)COC(=O)CN1C(=O)NC2(CCCC2)C1=O. The van der Waals surface area contributed by atoms with Gasteiger partial charge in [0, 0.05) is 6.04 Å². The van der Waals surface area contributed by atoms with Gasteiger partial charge in [-0.3, -0.25) is 19.3 Å². The minimum atomic E-state index is -0.841. The first-order chi connectivity index (χ1) is 12.4. The molecular weight excluding hydrogens is 338 g/mol. The molecule has 0 bridgehead atoms. The molecule has 0 aromatic heterocycles. The molecule has 1 spiro atoms. The zero-order valence-corrected chi connectivity index (χ0v) is 15.2. The molecule has 1 saturated heterocycles. The average Bonchev–Trinajstić information content (AvgIpc) is 3.16. The standard InChI is InChI=1S/C18H27N3O5/c1-12-6-2-3-7-13(12)19-14(22)11-26-15(23)10-21-16(24)18(20-17(21)25)8-4-5-9-18/h12-13H,2-11H2,1H3,(H,19,22)(H,20,25). The summed E-state index contributed by atoms with van der Waals surface area (Å²) in [4.78, 5) is 49.4. The van der Waals surface area contributed by atoms with Crippen molar-refractivity contribution >= 4 is 23.8 Å². The van der Waals surface area contributed by atoms with Gasteiger partial charge in [0.2, 0.25) is 0 Å². The Morgan fingerprint density at radius 2 is 1.88 bits per heavy atom. The van der Waals surface area contributed by atoms with Crippen LogP contribution in [0.2, 0.25) is 0 Å². The van der Waals surface area contributed by atoms with Crippen molar-refractivity contribution in [2.45, 2.75) is 69.9 Å². The van der Waals surface area contributed by atoms with Crippen LogP contribution in [-0.2, 0) is 19.1 Å². The van der Waals surface area contributed by atoms with Crippen molar-refractivity contribution < 1.29 is 23.9 Å². The van der Waals surface area contributed by atoms with E-state index in [1.165, 1.54) is 6.42 Å². The number of carbonyl (C=O) groups is 4. The van der Waals surface area contributed by atoms with Crippen LogP contribution in [0.4, 0.5) is 4.79 Å². The molecule has 2 aliphatic carbocycles. The van der Waals surface area contributed by atoms with Crippen LogP contribution in [0.3, 0.4) is 0 Å². The van der Waals surface area contributed by atoms with E-state index in [4.69, 9.17) is 4.74 Å². The Kier molecular flexibility index (Phi) is 5.48. The van der Waals surface area contributed by atoms with Crippen molar-refractivity contribution in [3.8, 4) is 0 Å². The maximum absolute atomic E-state index is 12.5. The molecule has 0 aromatic carbocycles. The number of ether oxygens (including phenoxy) is 1. The van der Waals surface area contributed by atoms with Gasteiger partial charge >= 0.3 is 12.0 Å². The van der Waals surface area contributed by atoms with Gasteiger partial charge in [-0.1, -0.05) is 32.6 Å². The van der Waals surface area contributed by atoms with E-state index in [1.54, 1.807) is 0 Å². The highest BCUT2D eigenvalue weighted by atomic mass is 16.5. The summed E-state index contributed by atoms with van der Waals surface area (Å²) < 4.78 is 4.97. The van der Waals surface area contributed by atoms with Gasteiger partial charge in [0.05, 0.1) is 0 Å².